The fourth-order valence-corrected chi connectivity index (χ4v) is 2.72. The molecule has 0 N–H and O–H groups in total. The maximum Gasteiger partial charge on any atom is 0.169 e. The van der Waals surface area contributed by atoms with Crippen LogP contribution in [0.3, 0.4) is 0 Å². The molecule has 1 aliphatic rings. The Morgan fingerprint density at radius 3 is 2.50 bits per heavy atom. The molecule has 1 aliphatic heterocycles. The van der Waals surface area contributed by atoms with Crippen LogP contribution in [0.5, 0.6) is 0 Å². The Kier molecular flexibility index (Phi) is 2.93. The van der Waals surface area contributed by atoms with Crippen LogP contribution in [0.4, 0.5) is 5.82 Å². The van der Waals surface area contributed by atoms with Gasteiger partial charge in [-0.15, -0.1) is 0 Å². The summed E-state index contributed by atoms with van der Waals surface area (Å²) in [5.41, 5.74) is 1.04. The number of rotatable bonds is 1. The van der Waals surface area contributed by atoms with Crippen LogP contribution in [0.15, 0.2) is 0 Å². The first kappa shape index (κ1) is 10.2. The third kappa shape index (κ3) is 1.73. The second-order valence-electron chi connectivity index (χ2n) is 3.45. The average Bonchev–Trinajstić information content (AvgIpc) is 2.47. The van der Waals surface area contributed by atoms with E-state index in [0.29, 0.717) is 0 Å². The topological polar surface area (TPSA) is 21.1 Å². The molecule has 78 valence electrons. The Balaban J connectivity index is 2.26. The maximum absolute atomic E-state index is 6.22. The number of hydrogen-bond donors (Lipinski definition) is 0. The van der Waals surface area contributed by atoms with Gasteiger partial charge in [-0.1, -0.05) is 11.6 Å². The highest BCUT2D eigenvalue weighted by molar-refractivity contribution is 7.99. The number of thioether (sulfide) groups is 1. The van der Waals surface area contributed by atoms with Crippen molar-refractivity contribution in [1.82, 2.24) is 9.78 Å². The largest absolute Gasteiger partial charge is 0.352 e. The predicted octanol–water partition coefficient (Wildman–Crippen LogP) is 1.94. The van der Waals surface area contributed by atoms with Crippen molar-refractivity contribution in [2.75, 3.05) is 29.5 Å². The summed E-state index contributed by atoms with van der Waals surface area (Å²) in [7, 11) is 1.93. The molecule has 1 aromatic heterocycles. The minimum Gasteiger partial charge on any atom is -0.352 e. The number of aryl methyl sites for hydroxylation is 1. The third-order valence-corrected chi connectivity index (χ3v) is 3.94. The van der Waals surface area contributed by atoms with Gasteiger partial charge in [0.2, 0.25) is 0 Å². The van der Waals surface area contributed by atoms with E-state index < -0.39 is 0 Å². The second-order valence-corrected chi connectivity index (χ2v) is 5.05. The van der Waals surface area contributed by atoms with Gasteiger partial charge in [0.1, 0.15) is 5.02 Å². The lowest BCUT2D eigenvalue weighted by Gasteiger charge is -2.26. The normalized spacial score (nSPS) is 17.5. The van der Waals surface area contributed by atoms with Crippen molar-refractivity contribution in [3.63, 3.8) is 0 Å². The highest BCUT2D eigenvalue weighted by Crippen LogP contribution is 2.28. The molecule has 14 heavy (non-hydrogen) atoms. The minimum absolute atomic E-state index is 0.805. The highest BCUT2D eigenvalue weighted by atomic mass is 35.5. The number of anilines is 1. The number of hydrogen-bond acceptors (Lipinski definition) is 3. The second kappa shape index (κ2) is 4.03. The number of halogens is 1. The molecular formula is C9H14ClN3S. The lowest BCUT2D eigenvalue weighted by Crippen LogP contribution is -2.33. The summed E-state index contributed by atoms with van der Waals surface area (Å²) in [6.45, 7) is 4.11. The van der Waals surface area contributed by atoms with Crippen molar-refractivity contribution in [2.24, 2.45) is 7.05 Å². The summed E-state index contributed by atoms with van der Waals surface area (Å²) in [6.07, 6.45) is 0. The van der Waals surface area contributed by atoms with Crippen molar-refractivity contribution in [3.05, 3.63) is 10.7 Å². The summed E-state index contributed by atoms with van der Waals surface area (Å²) in [5.74, 6) is 3.30. The molecule has 2 rings (SSSR count). The van der Waals surface area contributed by atoms with Crippen LogP contribution in [-0.4, -0.2) is 34.4 Å². The van der Waals surface area contributed by atoms with Gasteiger partial charge in [0.05, 0.1) is 5.69 Å². The molecule has 0 aromatic carbocycles. The van der Waals surface area contributed by atoms with E-state index in [1.54, 1.807) is 0 Å². The van der Waals surface area contributed by atoms with Crippen molar-refractivity contribution in [1.29, 1.82) is 0 Å². The maximum atomic E-state index is 6.22. The third-order valence-electron chi connectivity index (χ3n) is 2.55. The Morgan fingerprint density at radius 1 is 1.36 bits per heavy atom. The monoisotopic (exact) mass is 231 g/mol. The molecule has 1 saturated heterocycles. The molecule has 0 atom stereocenters. The van der Waals surface area contributed by atoms with E-state index in [0.717, 1.165) is 29.6 Å². The van der Waals surface area contributed by atoms with Gasteiger partial charge in [0.15, 0.2) is 5.82 Å². The van der Waals surface area contributed by atoms with Crippen LogP contribution >= 0.6 is 23.4 Å². The molecule has 0 aliphatic carbocycles. The smallest absolute Gasteiger partial charge is 0.169 e. The molecule has 2 heterocycles. The van der Waals surface area contributed by atoms with E-state index in [9.17, 15) is 0 Å². The lowest BCUT2D eigenvalue weighted by atomic mass is 10.4. The van der Waals surface area contributed by atoms with Gasteiger partial charge in [-0.25, -0.2) is 0 Å². The Bertz CT molecular complexity index is 331. The molecule has 0 unspecified atom stereocenters. The first-order chi connectivity index (χ1) is 6.70. The molecule has 0 saturated carbocycles. The predicted molar refractivity (Wildman–Crippen MR) is 62.5 cm³/mol. The first-order valence-electron chi connectivity index (χ1n) is 4.72. The zero-order chi connectivity index (χ0) is 10.1. The quantitative estimate of drug-likeness (QED) is 0.737. The van der Waals surface area contributed by atoms with Crippen LogP contribution in [0.1, 0.15) is 5.69 Å². The Morgan fingerprint density at radius 2 is 2.00 bits per heavy atom. The molecule has 0 amide bonds. The average molecular weight is 232 g/mol. The summed E-state index contributed by atoms with van der Waals surface area (Å²) >= 11 is 8.21. The summed E-state index contributed by atoms with van der Waals surface area (Å²) < 4.78 is 1.85. The van der Waals surface area contributed by atoms with E-state index in [2.05, 4.69) is 10.00 Å². The van der Waals surface area contributed by atoms with Gasteiger partial charge in [0, 0.05) is 31.6 Å². The van der Waals surface area contributed by atoms with Gasteiger partial charge in [-0.05, 0) is 6.92 Å². The molecule has 0 radical (unpaired) electrons. The fourth-order valence-electron chi connectivity index (χ4n) is 1.54. The molecular weight excluding hydrogens is 218 g/mol. The summed E-state index contributed by atoms with van der Waals surface area (Å²) in [6, 6.07) is 0. The molecule has 0 bridgehead atoms. The van der Waals surface area contributed by atoms with E-state index in [4.69, 9.17) is 11.6 Å². The molecule has 3 nitrogen and oxygen atoms in total. The van der Waals surface area contributed by atoms with Crippen molar-refractivity contribution in [2.45, 2.75) is 6.92 Å². The van der Waals surface area contributed by atoms with Crippen molar-refractivity contribution in [3.8, 4) is 0 Å². The van der Waals surface area contributed by atoms with E-state index in [-0.39, 0.29) is 0 Å². The number of aromatic nitrogens is 2. The van der Waals surface area contributed by atoms with Gasteiger partial charge >= 0.3 is 0 Å². The molecule has 5 heteroatoms. The van der Waals surface area contributed by atoms with Crippen LogP contribution < -0.4 is 4.90 Å². The van der Waals surface area contributed by atoms with E-state index >= 15 is 0 Å². The van der Waals surface area contributed by atoms with Crippen LogP contribution in [0.2, 0.25) is 5.02 Å². The minimum atomic E-state index is 0.805. The molecule has 0 spiro atoms. The Hall–Kier alpha value is -0.350. The highest BCUT2D eigenvalue weighted by Gasteiger charge is 2.19. The SMILES string of the molecule is Cc1c(Cl)c(N2CCSCC2)nn1C. The zero-order valence-electron chi connectivity index (χ0n) is 8.46. The van der Waals surface area contributed by atoms with Crippen LogP contribution in [0, 0.1) is 6.92 Å². The first-order valence-corrected chi connectivity index (χ1v) is 6.25. The zero-order valence-corrected chi connectivity index (χ0v) is 10.0. The summed E-state index contributed by atoms with van der Waals surface area (Å²) in [4.78, 5) is 2.27. The lowest BCUT2D eigenvalue weighted by molar-refractivity contribution is 0.723. The van der Waals surface area contributed by atoms with Crippen molar-refractivity contribution < 1.29 is 0 Å². The fraction of sp³-hybridized carbons (Fsp3) is 0.667. The van der Waals surface area contributed by atoms with E-state index in [1.165, 1.54) is 11.5 Å². The Labute approximate surface area is 93.4 Å². The van der Waals surface area contributed by atoms with Crippen LogP contribution in [-0.2, 0) is 7.05 Å². The van der Waals surface area contributed by atoms with Gasteiger partial charge < -0.3 is 4.90 Å². The summed E-state index contributed by atoms with van der Waals surface area (Å²) in [5, 5.41) is 5.24. The van der Waals surface area contributed by atoms with Gasteiger partial charge in [0.25, 0.3) is 0 Å². The molecule has 1 fully saturated rings. The van der Waals surface area contributed by atoms with Crippen LogP contribution in [0.25, 0.3) is 0 Å². The standard InChI is InChI=1S/C9H14ClN3S/c1-7-8(10)9(11-12(7)2)13-3-5-14-6-4-13/h3-6H2,1-2H3. The van der Waals surface area contributed by atoms with Crippen molar-refractivity contribution >= 4 is 29.2 Å². The van der Waals surface area contributed by atoms with Gasteiger partial charge in [-0.3, -0.25) is 4.68 Å². The van der Waals surface area contributed by atoms with Gasteiger partial charge in [-0.2, -0.15) is 16.9 Å². The molecule has 1 aromatic rings. The number of nitrogens with zero attached hydrogens (tertiary/aromatic N) is 3. The van der Waals surface area contributed by atoms with E-state index in [1.807, 2.05) is 30.4 Å².